The van der Waals surface area contributed by atoms with E-state index < -0.39 is 37.1 Å². The molecule has 1 saturated heterocycles. The molecule has 1 aliphatic heterocycles. The first-order valence-electron chi connectivity index (χ1n) is 11.1. The van der Waals surface area contributed by atoms with Crippen LogP contribution < -0.4 is 4.74 Å². The van der Waals surface area contributed by atoms with Crippen LogP contribution in [-0.2, 0) is 11.2 Å². The maximum absolute atomic E-state index is 10.6. The van der Waals surface area contributed by atoms with E-state index in [1.807, 2.05) is 43.3 Å². The van der Waals surface area contributed by atoms with Crippen LogP contribution in [0, 0.1) is 0 Å². The average molecular weight is 474 g/mol. The summed E-state index contributed by atoms with van der Waals surface area (Å²) in [6.45, 7) is 0.852. The summed E-state index contributed by atoms with van der Waals surface area (Å²) in [5.74, 6) is 0.752. The summed E-state index contributed by atoms with van der Waals surface area (Å²) in [5, 5.41) is 41.6. The Hall–Kier alpha value is -2.04. The fraction of sp³-hybridized carbons (Fsp3) is 0.440. The fourth-order valence-electron chi connectivity index (χ4n) is 4.08. The van der Waals surface area contributed by atoms with Crippen LogP contribution >= 0.6 is 11.3 Å². The highest BCUT2D eigenvalue weighted by Gasteiger charge is 2.44. The topological polar surface area (TPSA) is 103 Å². The second kappa shape index (κ2) is 10.5. The summed E-state index contributed by atoms with van der Waals surface area (Å²) < 4.78 is 13.1. The summed E-state index contributed by atoms with van der Waals surface area (Å²) in [6.07, 6.45) is -5.30. The van der Waals surface area contributed by atoms with Gasteiger partial charge in [0.1, 0.15) is 42.9 Å². The number of thiophene rings is 1. The molecular formula is C25H31NO6S. The Balaban J connectivity index is 1.65. The van der Waals surface area contributed by atoms with E-state index in [9.17, 15) is 20.4 Å². The van der Waals surface area contributed by atoms with Gasteiger partial charge in [-0.25, -0.2) is 0 Å². The number of ether oxygens (including phenoxy) is 2. The molecule has 1 fully saturated rings. The molecule has 0 bridgehead atoms. The second-order valence-electron chi connectivity index (χ2n) is 8.70. The van der Waals surface area contributed by atoms with E-state index >= 15 is 0 Å². The van der Waals surface area contributed by atoms with Crippen LogP contribution in [0.3, 0.4) is 0 Å². The lowest BCUT2D eigenvalue weighted by Gasteiger charge is -2.40. The van der Waals surface area contributed by atoms with Gasteiger partial charge in [-0.05, 0) is 54.9 Å². The number of hydrogen-bond donors (Lipinski definition) is 4. The molecule has 0 saturated carbocycles. The van der Waals surface area contributed by atoms with Gasteiger partial charge in [-0.15, -0.1) is 11.3 Å². The van der Waals surface area contributed by atoms with Gasteiger partial charge < -0.3 is 34.8 Å². The summed E-state index contributed by atoms with van der Waals surface area (Å²) in [7, 11) is 3.98. The molecule has 4 N–H and O–H groups in total. The van der Waals surface area contributed by atoms with Crippen LogP contribution in [0.5, 0.6) is 5.75 Å². The predicted octanol–water partition coefficient (Wildman–Crippen LogP) is 1.95. The van der Waals surface area contributed by atoms with Crippen molar-refractivity contribution in [2.75, 3.05) is 33.9 Å². The first kappa shape index (κ1) is 24.1. The average Bonchev–Trinajstić information content (AvgIpc) is 3.21. The highest BCUT2D eigenvalue weighted by atomic mass is 32.1. The highest BCUT2D eigenvalue weighted by Crippen LogP contribution is 2.36. The molecular weight excluding hydrogens is 442 g/mol. The van der Waals surface area contributed by atoms with Crippen LogP contribution in [0.4, 0.5) is 0 Å². The quantitative estimate of drug-likeness (QED) is 0.397. The molecule has 0 radical (unpaired) electrons. The number of rotatable bonds is 8. The number of fused-ring (bicyclic) bond motifs is 1. The van der Waals surface area contributed by atoms with Crippen molar-refractivity contribution < 1.29 is 29.9 Å². The highest BCUT2D eigenvalue weighted by molar-refractivity contribution is 7.19. The van der Waals surface area contributed by atoms with Crippen molar-refractivity contribution in [2.24, 2.45) is 0 Å². The molecule has 33 heavy (non-hydrogen) atoms. The lowest BCUT2D eigenvalue weighted by molar-refractivity contribution is -0.231. The van der Waals surface area contributed by atoms with E-state index in [2.05, 4.69) is 18.2 Å². The Kier molecular flexibility index (Phi) is 7.65. The SMILES string of the molecule is CN(C)CCOc1ccc([C@@H]2O[C@H](CO)[C@@H](O)[C@H](O)[C@H]2O)cc1Cc1cc2ccccc2s1. The molecule has 178 valence electrons. The lowest BCUT2D eigenvalue weighted by Crippen LogP contribution is -2.55. The normalized spacial score (nSPS) is 25.6. The standard InChI is InChI=1S/C25H31NO6S/c1-26(2)9-10-31-19-8-7-16(25-24(30)23(29)22(28)20(14-27)32-25)11-17(19)13-18-12-15-5-3-4-6-21(15)33-18/h3-8,11-12,20,22-25,27-30H,9-10,13-14H2,1-2H3/t20-,22-,23+,24-,25+/m1/s1. The summed E-state index contributed by atoms with van der Waals surface area (Å²) in [5.41, 5.74) is 1.60. The Bertz CT molecular complexity index is 1030. The Morgan fingerprint density at radius 3 is 2.52 bits per heavy atom. The van der Waals surface area contributed by atoms with Gasteiger partial charge in [-0.1, -0.05) is 24.3 Å². The lowest BCUT2D eigenvalue weighted by atomic mass is 9.90. The zero-order valence-electron chi connectivity index (χ0n) is 18.8. The molecule has 3 aromatic rings. The van der Waals surface area contributed by atoms with Crippen molar-refractivity contribution in [1.29, 1.82) is 0 Å². The predicted molar refractivity (Wildman–Crippen MR) is 128 cm³/mol. The maximum Gasteiger partial charge on any atom is 0.122 e. The molecule has 0 amide bonds. The molecule has 0 aliphatic carbocycles. The fourth-order valence-corrected chi connectivity index (χ4v) is 5.17. The Morgan fingerprint density at radius 2 is 1.79 bits per heavy atom. The van der Waals surface area contributed by atoms with E-state index in [1.54, 1.807) is 17.4 Å². The van der Waals surface area contributed by atoms with Crippen molar-refractivity contribution in [3.8, 4) is 5.75 Å². The van der Waals surface area contributed by atoms with E-state index in [0.717, 1.165) is 17.9 Å². The third-order valence-corrected chi connectivity index (χ3v) is 7.06. The third kappa shape index (κ3) is 5.38. The molecule has 4 rings (SSSR count). The number of aliphatic hydroxyl groups excluding tert-OH is 4. The summed E-state index contributed by atoms with van der Waals surface area (Å²) >= 11 is 1.73. The van der Waals surface area contributed by atoms with Crippen LogP contribution in [0.25, 0.3) is 10.1 Å². The third-order valence-electron chi connectivity index (χ3n) is 5.94. The largest absolute Gasteiger partial charge is 0.492 e. The van der Waals surface area contributed by atoms with E-state index in [1.165, 1.54) is 15.0 Å². The summed E-state index contributed by atoms with van der Waals surface area (Å²) in [4.78, 5) is 3.23. The van der Waals surface area contributed by atoms with Crippen LogP contribution in [0.15, 0.2) is 48.5 Å². The summed E-state index contributed by atoms with van der Waals surface area (Å²) in [6, 6.07) is 16.0. The van der Waals surface area contributed by atoms with Gasteiger partial charge >= 0.3 is 0 Å². The number of likely N-dealkylation sites (N-methyl/N-ethyl adjacent to an activating group) is 1. The molecule has 8 heteroatoms. The molecule has 0 spiro atoms. The van der Waals surface area contributed by atoms with Crippen LogP contribution in [-0.4, -0.2) is 83.6 Å². The minimum atomic E-state index is -1.41. The van der Waals surface area contributed by atoms with Gasteiger partial charge in [0, 0.05) is 22.5 Å². The smallest absolute Gasteiger partial charge is 0.122 e. The first-order chi connectivity index (χ1) is 15.9. The van der Waals surface area contributed by atoms with Crippen molar-refractivity contribution >= 4 is 21.4 Å². The maximum atomic E-state index is 10.6. The van der Waals surface area contributed by atoms with Gasteiger partial charge in [-0.2, -0.15) is 0 Å². The van der Waals surface area contributed by atoms with Gasteiger partial charge in [0.25, 0.3) is 0 Å². The monoisotopic (exact) mass is 473 g/mol. The molecule has 1 aromatic heterocycles. The zero-order valence-corrected chi connectivity index (χ0v) is 19.6. The van der Waals surface area contributed by atoms with Gasteiger partial charge in [0.2, 0.25) is 0 Å². The van der Waals surface area contributed by atoms with E-state index in [-0.39, 0.29) is 0 Å². The Labute approximate surface area is 197 Å². The minimum Gasteiger partial charge on any atom is -0.492 e. The van der Waals surface area contributed by atoms with Gasteiger partial charge in [-0.3, -0.25) is 0 Å². The van der Waals surface area contributed by atoms with Crippen molar-refractivity contribution in [3.63, 3.8) is 0 Å². The van der Waals surface area contributed by atoms with Crippen LogP contribution in [0.2, 0.25) is 0 Å². The van der Waals surface area contributed by atoms with Gasteiger partial charge in [0.05, 0.1) is 6.61 Å². The molecule has 2 aromatic carbocycles. The minimum absolute atomic E-state index is 0.457. The van der Waals surface area contributed by atoms with E-state index in [4.69, 9.17) is 9.47 Å². The second-order valence-corrected chi connectivity index (χ2v) is 9.86. The number of benzene rings is 2. The Morgan fingerprint density at radius 1 is 1.00 bits per heavy atom. The number of nitrogens with zero attached hydrogens (tertiary/aromatic N) is 1. The first-order valence-corrected chi connectivity index (χ1v) is 11.9. The zero-order chi connectivity index (χ0) is 23.5. The van der Waals surface area contributed by atoms with Gasteiger partial charge in [0.15, 0.2) is 0 Å². The van der Waals surface area contributed by atoms with Crippen molar-refractivity contribution in [2.45, 2.75) is 36.9 Å². The molecule has 2 heterocycles. The van der Waals surface area contributed by atoms with Crippen molar-refractivity contribution in [3.05, 3.63) is 64.5 Å². The molecule has 5 atom stereocenters. The van der Waals surface area contributed by atoms with Crippen LogP contribution in [0.1, 0.15) is 22.1 Å². The van der Waals surface area contributed by atoms with Crippen molar-refractivity contribution in [1.82, 2.24) is 4.90 Å². The number of hydrogen-bond acceptors (Lipinski definition) is 8. The molecule has 7 nitrogen and oxygen atoms in total. The molecule has 1 aliphatic rings. The molecule has 0 unspecified atom stereocenters. The van der Waals surface area contributed by atoms with E-state index in [0.29, 0.717) is 18.6 Å². The number of aliphatic hydroxyl groups is 4.